The van der Waals surface area contributed by atoms with Gasteiger partial charge in [-0.05, 0) is 12.1 Å². The zero-order valence-electron chi connectivity index (χ0n) is 12.7. The molecular formula is C16H19NO4S2. The highest BCUT2D eigenvalue weighted by Crippen LogP contribution is 2.28. The normalized spacial score (nSPS) is 10.8. The van der Waals surface area contributed by atoms with Crippen LogP contribution < -0.4 is 0 Å². The van der Waals surface area contributed by atoms with Gasteiger partial charge >= 0.3 is 5.97 Å². The number of carbonyl (C=O) groups excluding carboxylic acids is 1. The summed E-state index contributed by atoms with van der Waals surface area (Å²) in [6, 6.07) is 8.13. The molecule has 0 fully saturated rings. The maximum Gasteiger partial charge on any atom is 0.330 e. The highest BCUT2D eigenvalue weighted by atomic mass is 32.2. The van der Waals surface area contributed by atoms with Crippen molar-refractivity contribution in [2.24, 2.45) is 0 Å². The lowest BCUT2D eigenvalue weighted by Gasteiger charge is -2.05. The minimum Gasteiger partial charge on any atom is -0.460 e. The molecule has 0 aliphatic carbocycles. The van der Waals surface area contributed by atoms with Crippen LogP contribution in [0.3, 0.4) is 0 Å². The fraction of sp³-hybridized carbons (Fsp3) is 0.375. The lowest BCUT2D eigenvalue weighted by Crippen LogP contribution is -2.12. The van der Waals surface area contributed by atoms with E-state index in [4.69, 9.17) is 14.2 Å². The maximum atomic E-state index is 10.8. The number of hydrogen-bond acceptors (Lipinski definition) is 7. The first-order chi connectivity index (χ1) is 11.3. The average molecular weight is 353 g/mol. The molecule has 2 aromatic rings. The number of para-hydroxylation sites is 1. The first-order valence-electron chi connectivity index (χ1n) is 7.22. The predicted molar refractivity (Wildman–Crippen MR) is 93.1 cm³/mol. The summed E-state index contributed by atoms with van der Waals surface area (Å²) < 4.78 is 17.8. The van der Waals surface area contributed by atoms with Crippen molar-refractivity contribution in [1.82, 2.24) is 4.98 Å². The smallest absolute Gasteiger partial charge is 0.330 e. The predicted octanol–water partition coefficient (Wildman–Crippen LogP) is 3.15. The molecule has 1 aromatic heterocycles. The van der Waals surface area contributed by atoms with Crippen LogP contribution in [0.2, 0.25) is 0 Å². The fourth-order valence-corrected chi connectivity index (χ4v) is 3.67. The lowest BCUT2D eigenvalue weighted by atomic mass is 10.3. The van der Waals surface area contributed by atoms with Gasteiger partial charge in [0.25, 0.3) is 0 Å². The SMILES string of the molecule is C=CC(=O)OCCOCCOCCSc1nc2ccccc2s1. The fourth-order valence-electron chi connectivity index (χ4n) is 1.68. The van der Waals surface area contributed by atoms with Crippen LogP contribution in [-0.2, 0) is 19.0 Å². The highest BCUT2D eigenvalue weighted by molar-refractivity contribution is 8.01. The Bertz CT molecular complexity index is 596. The van der Waals surface area contributed by atoms with Gasteiger partial charge in [-0.25, -0.2) is 9.78 Å². The van der Waals surface area contributed by atoms with Crippen molar-refractivity contribution >= 4 is 39.3 Å². The Labute approximate surface area is 143 Å². The van der Waals surface area contributed by atoms with E-state index in [1.807, 2.05) is 18.2 Å². The van der Waals surface area contributed by atoms with Gasteiger partial charge in [-0.1, -0.05) is 30.5 Å². The lowest BCUT2D eigenvalue weighted by molar-refractivity contribution is -0.139. The molecule has 23 heavy (non-hydrogen) atoms. The van der Waals surface area contributed by atoms with Crippen molar-refractivity contribution in [1.29, 1.82) is 0 Å². The molecule has 0 aliphatic heterocycles. The number of ether oxygens (including phenoxy) is 3. The van der Waals surface area contributed by atoms with E-state index >= 15 is 0 Å². The first kappa shape index (κ1) is 17.9. The summed E-state index contributed by atoms with van der Waals surface area (Å²) in [6.45, 7) is 5.56. The summed E-state index contributed by atoms with van der Waals surface area (Å²) in [7, 11) is 0. The molecule has 0 aliphatic rings. The van der Waals surface area contributed by atoms with E-state index in [2.05, 4.69) is 17.6 Å². The second-order valence-electron chi connectivity index (χ2n) is 4.39. The highest BCUT2D eigenvalue weighted by Gasteiger charge is 2.03. The van der Waals surface area contributed by atoms with Crippen molar-refractivity contribution in [2.45, 2.75) is 4.34 Å². The Hall–Kier alpha value is -1.41. The summed E-state index contributed by atoms with van der Waals surface area (Å²) in [5.74, 6) is 0.424. The van der Waals surface area contributed by atoms with E-state index in [1.165, 1.54) is 4.70 Å². The molecule has 0 spiro atoms. The zero-order chi connectivity index (χ0) is 16.3. The molecule has 0 radical (unpaired) electrons. The quantitative estimate of drug-likeness (QED) is 0.268. The number of thiazole rings is 1. The van der Waals surface area contributed by atoms with E-state index in [-0.39, 0.29) is 6.61 Å². The summed E-state index contributed by atoms with van der Waals surface area (Å²) in [5, 5.41) is 0. The van der Waals surface area contributed by atoms with Gasteiger partial charge in [0.2, 0.25) is 0 Å². The average Bonchev–Trinajstić information content (AvgIpc) is 2.99. The van der Waals surface area contributed by atoms with Crippen molar-refractivity contribution < 1.29 is 19.0 Å². The van der Waals surface area contributed by atoms with Gasteiger partial charge in [0.05, 0.1) is 36.6 Å². The number of carbonyl (C=O) groups is 1. The van der Waals surface area contributed by atoms with Gasteiger partial charge < -0.3 is 14.2 Å². The Morgan fingerprint density at radius 1 is 1.17 bits per heavy atom. The third-order valence-electron chi connectivity index (χ3n) is 2.74. The topological polar surface area (TPSA) is 57.7 Å². The number of benzene rings is 1. The standard InChI is InChI=1S/C16H19NO4S2/c1-2-15(18)21-10-9-19-7-8-20-11-12-22-16-17-13-5-3-4-6-14(13)23-16/h2-6H,1,7-12H2. The van der Waals surface area contributed by atoms with E-state index < -0.39 is 5.97 Å². The van der Waals surface area contributed by atoms with Crippen molar-refractivity contribution in [2.75, 3.05) is 38.8 Å². The first-order valence-corrected chi connectivity index (χ1v) is 9.03. The minimum atomic E-state index is -0.434. The second-order valence-corrected chi connectivity index (χ2v) is 6.77. The van der Waals surface area contributed by atoms with Crippen LogP contribution in [0.5, 0.6) is 0 Å². The van der Waals surface area contributed by atoms with E-state index in [0.717, 1.165) is 21.7 Å². The molecule has 0 saturated heterocycles. The van der Waals surface area contributed by atoms with Crippen molar-refractivity contribution in [3.05, 3.63) is 36.9 Å². The molecule has 2 rings (SSSR count). The molecule has 0 unspecified atom stereocenters. The third-order valence-corrected chi connectivity index (χ3v) is 4.88. The molecule has 0 amide bonds. The number of esters is 1. The number of fused-ring (bicyclic) bond motifs is 1. The van der Waals surface area contributed by atoms with Crippen LogP contribution in [-0.4, -0.2) is 49.7 Å². The van der Waals surface area contributed by atoms with Gasteiger partial charge in [-0.3, -0.25) is 0 Å². The Kier molecular flexibility index (Phi) is 8.10. The molecule has 1 aromatic carbocycles. The summed E-state index contributed by atoms with van der Waals surface area (Å²) in [4.78, 5) is 15.3. The monoisotopic (exact) mass is 353 g/mol. The molecule has 5 nitrogen and oxygen atoms in total. The van der Waals surface area contributed by atoms with Gasteiger partial charge in [0.15, 0.2) is 4.34 Å². The van der Waals surface area contributed by atoms with Gasteiger partial charge in [0, 0.05) is 11.8 Å². The molecule has 7 heteroatoms. The maximum absolute atomic E-state index is 10.8. The van der Waals surface area contributed by atoms with E-state index in [1.54, 1.807) is 23.1 Å². The molecule has 0 bridgehead atoms. The number of hydrogen-bond donors (Lipinski definition) is 0. The van der Waals surface area contributed by atoms with Gasteiger partial charge in [0.1, 0.15) is 6.61 Å². The number of rotatable bonds is 11. The van der Waals surface area contributed by atoms with E-state index in [0.29, 0.717) is 26.4 Å². The summed E-state index contributed by atoms with van der Waals surface area (Å²) in [6.07, 6.45) is 1.13. The second kappa shape index (κ2) is 10.4. The zero-order valence-corrected chi connectivity index (χ0v) is 14.4. The molecular weight excluding hydrogens is 334 g/mol. The third kappa shape index (κ3) is 6.70. The Morgan fingerprint density at radius 3 is 2.70 bits per heavy atom. The molecule has 1 heterocycles. The van der Waals surface area contributed by atoms with Crippen LogP contribution in [0.15, 0.2) is 41.3 Å². The van der Waals surface area contributed by atoms with Crippen LogP contribution in [0.25, 0.3) is 10.2 Å². The van der Waals surface area contributed by atoms with Gasteiger partial charge in [-0.15, -0.1) is 11.3 Å². The molecule has 0 saturated carbocycles. The van der Waals surface area contributed by atoms with Crippen LogP contribution in [0, 0.1) is 0 Å². The molecule has 0 atom stereocenters. The molecule has 124 valence electrons. The van der Waals surface area contributed by atoms with Crippen LogP contribution in [0.4, 0.5) is 0 Å². The molecule has 0 N–H and O–H groups in total. The summed E-state index contributed by atoms with van der Waals surface area (Å²) in [5.41, 5.74) is 1.05. The van der Waals surface area contributed by atoms with Gasteiger partial charge in [-0.2, -0.15) is 0 Å². The van der Waals surface area contributed by atoms with Crippen molar-refractivity contribution in [3.63, 3.8) is 0 Å². The van der Waals surface area contributed by atoms with Crippen LogP contribution >= 0.6 is 23.1 Å². The largest absolute Gasteiger partial charge is 0.460 e. The number of nitrogens with zero attached hydrogens (tertiary/aromatic N) is 1. The van der Waals surface area contributed by atoms with Crippen LogP contribution in [0.1, 0.15) is 0 Å². The van der Waals surface area contributed by atoms with Crippen molar-refractivity contribution in [3.8, 4) is 0 Å². The van der Waals surface area contributed by atoms with E-state index in [9.17, 15) is 4.79 Å². The Balaban J connectivity index is 1.46. The number of aromatic nitrogens is 1. The number of thioether (sulfide) groups is 1. The Morgan fingerprint density at radius 2 is 1.91 bits per heavy atom. The minimum absolute atomic E-state index is 0.234. The summed E-state index contributed by atoms with van der Waals surface area (Å²) >= 11 is 3.40.